The highest BCUT2D eigenvalue weighted by molar-refractivity contribution is 9.10. The largest absolute Gasteiger partial charge is 0.349 e. The zero-order valence-corrected chi connectivity index (χ0v) is 13.2. The molecule has 1 saturated carbocycles. The molecule has 2 unspecified atom stereocenters. The predicted molar refractivity (Wildman–Crippen MR) is 76.4 cm³/mol. The first-order valence-electron chi connectivity index (χ1n) is 6.04. The van der Waals surface area contributed by atoms with Gasteiger partial charge in [0.25, 0.3) is 5.91 Å². The summed E-state index contributed by atoms with van der Waals surface area (Å²) in [5.74, 6) is -2.05. The number of rotatable bonds is 3. The van der Waals surface area contributed by atoms with Gasteiger partial charge in [0.1, 0.15) is 17.2 Å². The van der Waals surface area contributed by atoms with Crippen molar-refractivity contribution in [1.29, 1.82) is 0 Å². The lowest BCUT2D eigenvalue weighted by Crippen LogP contribution is -2.38. The van der Waals surface area contributed by atoms with Crippen LogP contribution in [0.4, 0.5) is 8.78 Å². The van der Waals surface area contributed by atoms with Gasteiger partial charge in [-0.15, -0.1) is 0 Å². The summed E-state index contributed by atoms with van der Waals surface area (Å²) in [5, 5.41) is 3.51. The molecule has 2 atom stereocenters. The van der Waals surface area contributed by atoms with Crippen molar-refractivity contribution in [2.45, 2.75) is 25.3 Å². The van der Waals surface area contributed by atoms with Gasteiger partial charge in [-0.05, 0) is 30.9 Å². The van der Waals surface area contributed by atoms with Crippen LogP contribution in [-0.2, 0) is 0 Å². The van der Waals surface area contributed by atoms with E-state index in [9.17, 15) is 13.6 Å². The van der Waals surface area contributed by atoms with E-state index < -0.39 is 23.1 Å². The van der Waals surface area contributed by atoms with Crippen LogP contribution in [-0.4, -0.2) is 17.3 Å². The highest BCUT2D eigenvalue weighted by atomic mass is 79.9. The van der Waals surface area contributed by atoms with E-state index in [1.165, 1.54) is 0 Å². The van der Waals surface area contributed by atoms with E-state index in [1.807, 2.05) is 0 Å². The normalized spacial score (nSPS) is 22.5. The van der Waals surface area contributed by atoms with Gasteiger partial charge in [-0.1, -0.05) is 38.3 Å². The van der Waals surface area contributed by atoms with Gasteiger partial charge < -0.3 is 5.32 Å². The van der Waals surface area contributed by atoms with Crippen molar-refractivity contribution in [1.82, 2.24) is 5.32 Å². The van der Waals surface area contributed by atoms with E-state index in [0.717, 1.165) is 36.7 Å². The third kappa shape index (κ3) is 3.34. The molecule has 1 aliphatic carbocycles. The average molecular weight is 397 g/mol. The fourth-order valence-electron chi connectivity index (χ4n) is 2.41. The SMILES string of the molecule is O=C(NC1CCCC1CBr)c1c(F)cc(Br)cc1F. The number of carbonyl (C=O) groups is 1. The summed E-state index contributed by atoms with van der Waals surface area (Å²) in [6.45, 7) is 0. The number of carbonyl (C=O) groups excluding carboxylic acids is 1. The molecule has 1 fully saturated rings. The molecule has 0 radical (unpaired) electrons. The second-order valence-corrected chi connectivity index (χ2v) is 6.23. The Morgan fingerprint density at radius 1 is 1.32 bits per heavy atom. The molecule has 1 N–H and O–H groups in total. The maximum absolute atomic E-state index is 13.7. The van der Waals surface area contributed by atoms with Gasteiger partial charge in [0.05, 0.1) is 0 Å². The first-order chi connectivity index (χ1) is 9.02. The van der Waals surface area contributed by atoms with Crippen molar-refractivity contribution in [3.63, 3.8) is 0 Å². The molecule has 0 spiro atoms. The summed E-state index contributed by atoms with van der Waals surface area (Å²) in [5.41, 5.74) is -0.511. The van der Waals surface area contributed by atoms with Crippen LogP contribution in [0.5, 0.6) is 0 Å². The van der Waals surface area contributed by atoms with E-state index in [1.54, 1.807) is 0 Å². The Labute approximate surface area is 127 Å². The zero-order chi connectivity index (χ0) is 14.0. The molecule has 0 heterocycles. The molecule has 6 heteroatoms. The Balaban J connectivity index is 2.16. The minimum Gasteiger partial charge on any atom is -0.349 e. The van der Waals surface area contributed by atoms with Gasteiger partial charge in [0, 0.05) is 15.8 Å². The lowest BCUT2D eigenvalue weighted by molar-refractivity contribution is 0.0921. The Morgan fingerprint density at radius 2 is 1.95 bits per heavy atom. The molecular weight excluding hydrogens is 384 g/mol. The molecule has 0 bridgehead atoms. The van der Waals surface area contributed by atoms with Gasteiger partial charge in [-0.3, -0.25) is 4.79 Å². The number of halogens is 4. The summed E-state index contributed by atoms with van der Waals surface area (Å²) < 4.78 is 27.6. The number of hydrogen-bond donors (Lipinski definition) is 1. The van der Waals surface area contributed by atoms with E-state index in [-0.39, 0.29) is 10.5 Å². The topological polar surface area (TPSA) is 29.1 Å². The Kier molecular flexibility index (Phi) is 4.95. The van der Waals surface area contributed by atoms with E-state index in [2.05, 4.69) is 37.2 Å². The third-order valence-corrected chi connectivity index (χ3v) is 4.70. The van der Waals surface area contributed by atoms with Crippen LogP contribution in [0, 0.1) is 17.6 Å². The molecule has 104 valence electrons. The third-order valence-electron chi connectivity index (χ3n) is 3.41. The minimum absolute atomic E-state index is 0.0191. The van der Waals surface area contributed by atoms with Crippen LogP contribution in [0.1, 0.15) is 29.6 Å². The molecule has 2 rings (SSSR count). The van der Waals surface area contributed by atoms with Crippen LogP contribution < -0.4 is 5.32 Å². The van der Waals surface area contributed by atoms with Crippen LogP contribution in [0.15, 0.2) is 16.6 Å². The van der Waals surface area contributed by atoms with E-state index in [4.69, 9.17) is 0 Å². The molecule has 0 aromatic heterocycles. The molecule has 0 aliphatic heterocycles. The fraction of sp³-hybridized carbons (Fsp3) is 0.462. The summed E-state index contributed by atoms with van der Waals surface area (Å²) in [6.07, 6.45) is 2.88. The molecule has 19 heavy (non-hydrogen) atoms. The number of benzene rings is 1. The number of hydrogen-bond acceptors (Lipinski definition) is 1. The number of alkyl halides is 1. The molecule has 1 aliphatic rings. The predicted octanol–water partition coefficient (Wildman–Crippen LogP) is 4.02. The number of nitrogens with one attached hydrogen (secondary N) is 1. The lowest BCUT2D eigenvalue weighted by atomic mass is 10.1. The summed E-state index contributed by atoms with van der Waals surface area (Å²) in [4.78, 5) is 12.0. The smallest absolute Gasteiger partial charge is 0.257 e. The summed E-state index contributed by atoms with van der Waals surface area (Å²) >= 11 is 6.38. The van der Waals surface area contributed by atoms with E-state index >= 15 is 0 Å². The van der Waals surface area contributed by atoms with Gasteiger partial charge in [-0.25, -0.2) is 8.78 Å². The maximum Gasteiger partial charge on any atom is 0.257 e. The first-order valence-corrected chi connectivity index (χ1v) is 7.95. The van der Waals surface area contributed by atoms with Crippen molar-refractivity contribution < 1.29 is 13.6 Å². The lowest BCUT2D eigenvalue weighted by Gasteiger charge is -2.19. The Morgan fingerprint density at radius 3 is 2.53 bits per heavy atom. The number of amides is 1. The standard InChI is InChI=1S/C13H13Br2F2NO/c14-6-7-2-1-3-11(7)18-13(19)12-9(16)4-8(15)5-10(12)17/h4-5,7,11H,1-3,6H2,(H,18,19). The van der Waals surface area contributed by atoms with Crippen LogP contribution >= 0.6 is 31.9 Å². The molecule has 2 nitrogen and oxygen atoms in total. The maximum atomic E-state index is 13.7. The summed E-state index contributed by atoms with van der Waals surface area (Å²) in [6, 6.07) is 2.16. The van der Waals surface area contributed by atoms with Crippen molar-refractivity contribution >= 4 is 37.8 Å². The van der Waals surface area contributed by atoms with Crippen molar-refractivity contribution in [2.75, 3.05) is 5.33 Å². The quantitative estimate of drug-likeness (QED) is 0.768. The molecule has 0 saturated heterocycles. The zero-order valence-electron chi connectivity index (χ0n) is 10.1. The van der Waals surface area contributed by atoms with Crippen LogP contribution in [0.2, 0.25) is 0 Å². The van der Waals surface area contributed by atoms with Crippen molar-refractivity contribution in [2.24, 2.45) is 5.92 Å². The summed E-state index contributed by atoms with van der Waals surface area (Å²) in [7, 11) is 0. The van der Waals surface area contributed by atoms with Gasteiger partial charge in [0.15, 0.2) is 0 Å². The molecular formula is C13H13Br2F2NO. The molecule has 1 aromatic carbocycles. The second kappa shape index (κ2) is 6.31. The van der Waals surface area contributed by atoms with Crippen molar-refractivity contribution in [3.05, 3.63) is 33.8 Å². The Hall–Kier alpha value is -0.490. The van der Waals surface area contributed by atoms with Crippen molar-refractivity contribution in [3.8, 4) is 0 Å². The van der Waals surface area contributed by atoms with Gasteiger partial charge in [0.2, 0.25) is 0 Å². The van der Waals surface area contributed by atoms with Crippen LogP contribution in [0.25, 0.3) is 0 Å². The van der Waals surface area contributed by atoms with Gasteiger partial charge in [-0.2, -0.15) is 0 Å². The molecule has 1 amide bonds. The van der Waals surface area contributed by atoms with Gasteiger partial charge >= 0.3 is 0 Å². The monoisotopic (exact) mass is 395 g/mol. The first kappa shape index (κ1) is 14.9. The average Bonchev–Trinajstić information content (AvgIpc) is 2.74. The molecule has 1 aromatic rings. The minimum atomic E-state index is -0.849. The Bertz CT molecular complexity index is 473. The second-order valence-electron chi connectivity index (χ2n) is 4.67. The highest BCUT2D eigenvalue weighted by Crippen LogP contribution is 2.28. The highest BCUT2D eigenvalue weighted by Gasteiger charge is 2.29. The fourth-order valence-corrected chi connectivity index (χ4v) is 3.59. The van der Waals surface area contributed by atoms with E-state index in [0.29, 0.717) is 5.92 Å². The van der Waals surface area contributed by atoms with Crippen LogP contribution in [0.3, 0.4) is 0 Å².